The van der Waals surface area contributed by atoms with Crippen molar-refractivity contribution < 1.29 is 9.53 Å². The van der Waals surface area contributed by atoms with Crippen LogP contribution in [-0.2, 0) is 9.53 Å². The van der Waals surface area contributed by atoms with Crippen LogP contribution >= 0.6 is 0 Å². The van der Waals surface area contributed by atoms with E-state index < -0.39 is 5.54 Å². The van der Waals surface area contributed by atoms with Crippen LogP contribution in [0.4, 0.5) is 5.69 Å². The normalized spacial score (nSPS) is 13.5. The van der Waals surface area contributed by atoms with Crippen molar-refractivity contribution in [2.24, 2.45) is 0 Å². The second-order valence-corrected chi connectivity index (χ2v) is 5.71. The Labute approximate surface area is 129 Å². The zero-order chi connectivity index (χ0) is 15.6. The van der Waals surface area contributed by atoms with Crippen molar-refractivity contribution in [1.82, 2.24) is 0 Å². The molecular formula is C18H29NO2. The number of hydrogen-bond acceptors (Lipinski definition) is 3. The predicted octanol–water partition coefficient (Wildman–Crippen LogP) is 4.78. The predicted molar refractivity (Wildman–Crippen MR) is 88.5 cm³/mol. The van der Waals surface area contributed by atoms with E-state index in [-0.39, 0.29) is 5.97 Å². The van der Waals surface area contributed by atoms with E-state index in [4.69, 9.17) is 4.74 Å². The van der Waals surface area contributed by atoms with Crippen LogP contribution in [0.25, 0.3) is 0 Å². The van der Waals surface area contributed by atoms with Gasteiger partial charge in [0.2, 0.25) is 0 Å². The summed E-state index contributed by atoms with van der Waals surface area (Å²) in [6.45, 7) is 6.42. The maximum absolute atomic E-state index is 12.3. The Morgan fingerprint density at radius 1 is 1.10 bits per heavy atom. The first-order valence-electron chi connectivity index (χ1n) is 8.13. The molecule has 0 heterocycles. The van der Waals surface area contributed by atoms with Gasteiger partial charge in [0.25, 0.3) is 0 Å². The maximum Gasteiger partial charge on any atom is 0.331 e. The lowest BCUT2D eigenvalue weighted by Gasteiger charge is -2.29. The molecule has 118 valence electrons. The molecule has 21 heavy (non-hydrogen) atoms. The van der Waals surface area contributed by atoms with Crippen molar-refractivity contribution in [3.63, 3.8) is 0 Å². The number of nitrogens with one attached hydrogen (secondary N) is 1. The van der Waals surface area contributed by atoms with Gasteiger partial charge >= 0.3 is 5.97 Å². The van der Waals surface area contributed by atoms with Crippen LogP contribution < -0.4 is 5.32 Å². The summed E-state index contributed by atoms with van der Waals surface area (Å²) in [6.07, 6.45) is 6.74. The summed E-state index contributed by atoms with van der Waals surface area (Å²) in [6, 6.07) is 9.87. The first kappa shape index (κ1) is 17.5. The smallest absolute Gasteiger partial charge is 0.331 e. The molecular weight excluding hydrogens is 262 g/mol. The molecule has 0 spiro atoms. The molecule has 0 fully saturated rings. The summed E-state index contributed by atoms with van der Waals surface area (Å²) < 4.78 is 5.26. The lowest BCUT2D eigenvalue weighted by Crippen LogP contribution is -2.44. The Kier molecular flexibility index (Phi) is 7.88. The van der Waals surface area contributed by atoms with Gasteiger partial charge in [0.1, 0.15) is 5.54 Å². The van der Waals surface area contributed by atoms with Gasteiger partial charge in [-0.3, -0.25) is 0 Å². The number of para-hydroxylation sites is 1. The Morgan fingerprint density at radius 2 is 1.76 bits per heavy atom. The molecule has 1 unspecified atom stereocenters. The second kappa shape index (κ2) is 9.43. The molecule has 1 N–H and O–H groups in total. The summed E-state index contributed by atoms with van der Waals surface area (Å²) in [5.74, 6) is -0.163. The van der Waals surface area contributed by atoms with Gasteiger partial charge in [0, 0.05) is 5.69 Å². The van der Waals surface area contributed by atoms with Crippen LogP contribution in [0.15, 0.2) is 30.3 Å². The fourth-order valence-electron chi connectivity index (χ4n) is 2.43. The topological polar surface area (TPSA) is 38.3 Å². The number of rotatable bonds is 10. The molecule has 0 bridgehead atoms. The summed E-state index contributed by atoms with van der Waals surface area (Å²) in [4.78, 5) is 12.3. The van der Waals surface area contributed by atoms with E-state index in [1.165, 1.54) is 25.7 Å². The lowest BCUT2D eigenvalue weighted by atomic mass is 9.93. The van der Waals surface area contributed by atoms with E-state index in [0.717, 1.165) is 18.5 Å². The minimum absolute atomic E-state index is 0.163. The fraction of sp³-hybridized carbons (Fsp3) is 0.611. The van der Waals surface area contributed by atoms with Crippen LogP contribution in [0.5, 0.6) is 0 Å². The van der Waals surface area contributed by atoms with Crippen LogP contribution in [-0.4, -0.2) is 18.1 Å². The maximum atomic E-state index is 12.3. The van der Waals surface area contributed by atoms with Gasteiger partial charge in [0.15, 0.2) is 0 Å². The molecule has 0 radical (unpaired) electrons. The molecule has 0 aliphatic carbocycles. The standard InChI is InChI=1S/C18H29NO2/c1-4-6-7-8-12-15-18(3,17(20)21-5-2)19-16-13-10-9-11-14-16/h9-11,13-14,19H,4-8,12,15H2,1-3H3. The quantitative estimate of drug-likeness (QED) is 0.498. The number of carbonyl (C=O) groups excluding carboxylic acids is 1. The highest BCUT2D eigenvalue weighted by molar-refractivity contribution is 5.84. The summed E-state index contributed by atoms with van der Waals surface area (Å²) >= 11 is 0. The summed E-state index contributed by atoms with van der Waals surface area (Å²) in [7, 11) is 0. The van der Waals surface area contributed by atoms with Crippen molar-refractivity contribution >= 4 is 11.7 Å². The van der Waals surface area contributed by atoms with Crippen LogP contribution in [0.1, 0.15) is 59.3 Å². The number of carbonyl (C=O) groups is 1. The number of benzene rings is 1. The number of unbranched alkanes of at least 4 members (excludes halogenated alkanes) is 4. The molecule has 0 saturated heterocycles. The van der Waals surface area contributed by atoms with Crippen molar-refractivity contribution in [3.8, 4) is 0 Å². The molecule has 0 saturated carbocycles. The molecule has 1 atom stereocenters. The second-order valence-electron chi connectivity index (χ2n) is 5.71. The first-order chi connectivity index (χ1) is 10.1. The van der Waals surface area contributed by atoms with Crippen LogP contribution in [0, 0.1) is 0 Å². The van der Waals surface area contributed by atoms with Gasteiger partial charge in [-0.25, -0.2) is 4.79 Å². The Morgan fingerprint density at radius 3 is 2.38 bits per heavy atom. The average molecular weight is 291 g/mol. The zero-order valence-corrected chi connectivity index (χ0v) is 13.7. The average Bonchev–Trinajstić information content (AvgIpc) is 2.48. The number of hydrogen-bond donors (Lipinski definition) is 1. The minimum Gasteiger partial charge on any atom is -0.464 e. The number of ether oxygens (including phenoxy) is 1. The molecule has 0 aliphatic rings. The van der Waals surface area contributed by atoms with Gasteiger partial charge in [-0.05, 0) is 32.4 Å². The van der Waals surface area contributed by atoms with Crippen molar-refractivity contribution in [2.45, 2.75) is 64.8 Å². The third kappa shape index (κ3) is 6.19. The zero-order valence-electron chi connectivity index (χ0n) is 13.7. The SMILES string of the molecule is CCCCCCCC(C)(Nc1ccccc1)C(=O)OCC. The third-order valence-corrected chi connectivity index (χ3v) is 3.70. The van der Waals surface area contributed by atoms with Gasteiger partial charge < -0.3 is 10.1 Å². The molecule has 1 aromatic rings. The monoisotopic (exact) mass is 291 g/mol. The van der Waals surface area contributed by atoms with Crippen molar-refractivity contribution in [3.05, 3.63) is 30.3 Å². The van der Waals surface area contributed by atoms with Gasteiger partial charge in [0.05, 0.1) is 6.61 Å². The van der Waals surface area contributed by atoms with Crippen molar-refractivity contribution in [2.75, 3.05) is 11.9 Å². The van der Waals surface area contributed by atoms with E-state index in [1.54, 1.807) is 0 Å². The molecule has 0 aromatic heterocycles. The molecule has 3 heteroatoms. The first-order valence-corrected chi connectivity index (χ1v) is 8.13. The molecule has 0 aliphatic heterocycles. The lowest BCUT2D eigenvalue weighted by molar-refractivity contribution is -0.148. The summed E-state index contributed by atoms with van der Waals surface area (Å²) in [5.41, 5.74) is 0.311. The largest absolute Gasteiger partial charge is 0.464 e. The summed E-state index contributed by atoms with van der Waals surface area (Å²) in [5, 5.41) is 3.36. The van der Waals surface area contributed by atoms with Gasteiger partial charge in [-0.1, -0.05) is 57.2 Å². The molecule has 1 aromatic carbocycles. The van der Waals surface area contributed by atoms with E-state index in [0.29, 0.717) is 6.61 Å². The minimum atomic E-state index is -0.649. The Balaban J connectivity index is 2.63. The van der Waals surface area contributed by atoms with Crippen LogP contribution in [0.2, 0.25) is 0 Å². The molecule has 0 amide bonds. The number of anilines is 1. The third-order valence-electron chi connectivity index (χ3n) is 3.70. The number of esters is 1. The fourth-order valence-corrected chi connectivity index (χ4v) is 2.43. The molecule has 1 rings (SSSR count). The highest BCUT2D eigenvalue weighted by atomic mass is 16.5. The van der Waals surface area contributed by atoms with Crippen LogP contribution in [0.3, 0.4) is 0 Å². The van der Waals surface area contributed by atoms with E-state index in [2.05, 4.69) is 12.2 Å². The Bertz CT molecular complexity index is 405. The highest BCUT2D eigenvalue weighted by Crippen LogP contribution is 2.23. The Hall–Kier alpha value is -1.51. The highest BCUT2D eigenvalue weighted by Gasteiger charge is 2.34. The van der Waals surface area contributed by atoms with Crippen molar-refractivity contribution in [1.29, 1.82) is 0 Å². The van der Waals surface area contributed by atoms with E-state index in [1.807, 2.05) is 44.2 Å². The van der Waals surface area contributed by atoms with Gasteiger partial charge in [-0.2, -0.15) is 0 Å². The van der Waals surface area contributed by atoms with Gasteiger partial charge in [-0.15, -0.1) is 0 Å². The van der Waals surface area contributed by atoms with E-state index in [9.17, 15) is 4.79 Å². The van der Waals surface area contributed by atoms with E-state index >= 15 is 0 Å². The molecule has 3 nitrogen and oxygen atoms in total.